The summed E-state index contributed by atoms with van der Waals surface area (Å²) in [6.45, 7) is 17.2. The molecule has 6 heteroatoms. The minimum atomic E-state index is -4.12. The van der Waals surface area contributed by atoms with E-state index < -0.39 is 22.0 Å². The first-order valence-corrected chi connectivity index (χ1v) is 15.5. The van der Waals surface area contributed by atoms with E-state index >= 15 is 0 Å². The maximum atomic E-state index is 11.6. The average Bonchev–Trinajstić information content (AvgIpc) is 2.77. The minimum Gasteiger partial charge on any atom is -0.489 e. The van der Waals surface area contributed by atoms with Crippen molar-refractivity contribution < 1.29 is 22.4 Å². The Hall–Kier alpha value is -1.53. The van der Waals surface area contributed by atoms with Gasteiger partial charge in [0.2, 0.25) is 0 Å². The molecule has 0 spiro atoms. The van der Waals surface area contributed by atoms with E-state index in [9.17, 15) is 13.0 Å². The zero-order chi connectivity index (χ0) is 27.1. The quantitative estimate of drug-likeness (QED) is 0.198. The molecule has 5 nitrogen and oxygen atoms in total. The first-order chi connectivity index (χ1) is 16.8. The molecule has 3 atom stereocenters. The van der Waals surface area contributed by atoms with E-state index in [1.807, 2.05) is 13.8 Å². The monoisotopic (exact) mass is 522 g/mol. The highest BCUT2D eigenvalue weighted by Crippen LogP contribution is 2.44. The smallest absolute Gasteiger partial charge is 0.268 e. The zero-order valence-electron chi connectivity index (χ0n) is 23.9. The molecule has 0 fully saturated rings. The van der Waals surface area contributed by atoms with Crippen LogP contribution in [0.3, 0.4) is 0 Å². The van der Waals surface area contributed by atoms with Gasteiger partial charge in [0.05, 0.1) is 0 Å². The molecule has 0 amide bonds. The molecule has 2 rings (SSSR count). The average molecular weight is 523 g/mol. The molecule has 1 aliphatic rings. The standard InChI is InChI=1S/C30H50O5S/c1-9-10-16-26(20-36(31,32)33)34-28-23(5)24(6)29-27(25(28)7)17-19-30(8,35-29)18-12-15-22(4)14-11-13-21(2)3/h12,18,21-22,26H,9-11,13-17,19-20H2,1-8H3,(H,31,32,33)/b18-12+. The van der Waals surface area contributed by atoms with Gasteiger partial charge in [-0.2, -0.15) is 8.42 Å². The van der Waals surface area contributed by atoms with Crippen LogP contribution in [0.4, 0.5) is 0 Å². The van der Waals surface area contributed by atoms with Crippen LogP contribution >= 0.6 is 0 Å². The molecule has 1 aliphatic heterocycles. The third kappa shape index (κ3) is 9.09. The predicted molar refractivity (Wildman–Crippen MR) is 150 cm³/mol. The third-order valence-corrected chi connectivity index (χ3v) is 8.36. The van der Waals surface area contributed by atoms with Crippen molar-refractivity contribution in [3.05, 3.63) is 34.4 Å². The zero-order valence-corrected chi connectivity index (χ0v) is 24.8. The van der Waals surface area contributed by atoms with E-state index in [2.05, 4.69) is 53.7 Å². The summed E-state index contributed by atoms with van der Waals surface area (Å²) in [6, 6.07) is 0. The number of fused-ring (bicyclic) bond motifs is 1. The van der Waals surface area contributed by atoms with Crippen molar-refractivity contribution in [1.29, 1.82) is 0 Å². The van der Waals surface area contributed by atoms with Crippen molar-refractivity contribution in [2.75, 3.05) is 5.75 Å². The lowest BCUT2D eigenvalue weighted by Crippen LogP contribution is -2.35. The summed E-state index contributed by atoms with van der Waals surface area (Å²) in [5.74, 6) is 2.72. The van der Waals surface area contributed by atoms with Gasteiger partial charge in [0, 0.05) is 5.56 Å². The van der Waals surface area contributed by atoms with E-state index in [-0.39, 0.29) is 5.60 Å². The fourth-order valence-electron chi connectivity index (χ4n) is 5.10. The molecule has 1 heterocycles. The van der Waals surface area contributed by atoms with E-state index in [0.717, 1.165) is 71.8 Å². The van der Waals surface area contributed by atoms with E-state index in [1.165, 1.54) is 19.3 Å². The van der Waals surface area contributed by atoms with Gasteiger partial charge in [-0.1, -0.05) is 65.9 Å². The number of rotatable bonds is 14. The predicted octanol–water partition coefficient (Wildman–Crippen LogP) is 7.93. The lowest BCUT2D eigenvalue weighted by molar-refractivity contribution is 0.111. The molecular formula is C30H50O5S. The molecule has 0 aromatic heterocycles. The summed E-state index contributed by atoms with van der Waals surface area (Å²) < 4.78 is 45.5. The maximum absolute atomic E-state index is 11.6. The van der Waals surface area contributed by atoms with Gasteiger partial charge in [-0.3, -0.25) is 4.55 Å². The molecule has 1 N–H and O–H groups in total. The first-order valence-electron chi connectivity index (χ1n) is 13.9. The Labute approximate surface area is 220 Å². The summed E-state index contributed by atoms with van der Waals surface area (Å²) in [5, 5.41) is 0. The summed E-state index contributed by atoms with van der Waals surface area (Å²) >= 11 is 0. The SMILES string of the molecule is CCCCC(CS(=O)(=O)O)Oc1c(C)c(C)c2c(c1C)CCC(C)(/C=C/CC(C)CCCC(C)C)O2. The number of ether oxygens (including phenoxy) is 2. The van der Waals surface area contributed by atoms with Crippen LogP contribution in [0.5, 0.6) is 11.5 Å². The van der Waals surface area contributed by atoms with Crippen LogP contribution in [0.1, 0.15) is 108 Å². The van der Waals surface area contributed by atoms with Crippen LogP contribution in [-0.4, -0.2) is 30.4 Å². The van der Waals surface area contributed by atoms with Crippen LogP contribution in [0.2, 0.25) is 0 Å². The maximum Gasteiger partial charge on any atom is 0.268 e. The highest BCUT2D eigenvalue weighted by Gasteiger charge is 2.33. The van der Waals surface area contributed by atoms with E-state index in [0.29, 0.717) is 12.3 Å². The van der Waals surface area contributed by atoms with Gasteiger partial charge in [-0.25, -0.2) is 0 Å². The van der Waals surface area contributed by atoms with Crippen molar-refractivity contribution in [3.8, 4) is 11.5 Å². The summed E-state index contributed by atoms with van der Waals surface area (Å²) in [6.07, 6.45) is 13.0. The van der Waals surface area contributed by atoms with Gasteiger partial charge in [0.1, 0.15) is 29.0 Å². The third-order valence-electron chi connectivity index (χ3n) is 7.57. The van der Waals surface area contributed by atoms with Crippen molar-refractivity contribution >= 4 is 10.1 Å². The Kier molecular flexibility index (Phi) is 11.4. The highest BCUT2D eigenvalue weighted by atomic mass is 32.2. The second-order valence-corrected chi connectivity index (χ2v) is 13.1. The summed E-state index contributed by atoms with van der Waals surface area (Å²) in [4.78, 5) is 0. The number of allylic oxidation sites excluding steroid dienone is 1. The lowest BCUT2D eigenvalue weighted by Gasteiger charge is -2.37. The van der Waals surface area contributed by atoms with Gasteiger partial charge < -0.3 is 9.47 Å². The van der Waals surface area contributed by atoms with Crippen molar-refractivity contribution in [1.82, 2.24) is 0 Å². The number of hydrogen-bond donors (Lipinski definition) is 1. The van der Waals surface area contributed by atoms with Crippen molar-refractivity contribution in [2.45, 2.75) is 125 Å². The fraction of sp³-hybridized carbons (Fsp3) is 0.733. The highest BCUT2D eigenvalue weighted by molar-refractivity contribution is 7.85. The first kappa shape index (κ1) is 30.7. The van der Waals surface area contributed by atoms with Gasteiger partial charge in [0.15, 0.2) is 0 Å². The molecule has 206 valence electrons. The molecule has 3 unspecified atom stereocenters. The minimum absolute atomic E-state index is 0.342. The molecule has 0 aliphatic carbocycles. The largest absolute Gasteiger partial charge is 0.489 e. The molecule has 0 bridgehead atoms. The number of benzene rings is 1. The van der Waals surface area contributed by atoms with Gasteiger partial charge >= 0.3 is 0 Å². The fourth-order valence-corrected chi connectivity index (χ4v) is 5.80. The Bertz CT molecular complexity index is 995. The van der Waals surface area contributed by atoms with Crippen LogP contribution in [0.15, 0.2) is 12.2 Å². The van der Waals surface area contributed by atoms with Gasteiger partial charge in [-0.05, 0) is 88.0 Å². The van der Waals surface area contributed by atoms with Crippen molar-refractivity contribution in [3.63, 3.8) is 0 Å². The molecule has 0 radical (unpaired) electrons. The molecule has 36 heavy (non-hydrogen) atoms. The Morgan fingerprint density at radius 1 is 1.06 bits per heavy atom. The summed E-state index contributed by atoms with van der Waals surface area (Å²) in [7, 11) is -4.12. The van der Waals surface area contributed by atoms with Crippen LogP contribution in [0.25, 0.3) is 0 Å². The van der Waals surface area contributed by atoms with Crippen LogP contribution < -0.4 is 9.47 Å². The topological polar surface area (TPSA) is 72.8 Å². The van der Waals surface area contributed by atoms with Crippen molar-refractivity contribution in [2.24, 2.45) is 11.8 Å². The Balaban J connectivity index is 2.19. The molecule has 0 saturated heterocycles. The second-order valence-electron chi connectivity index (χ2n) is 11.6. The number of hydrogen-bond acceptors (Lipinski definition) is 4. The second kappa shape index (κ2) is 13.3. The molecule has 1 aromatic rings. The normalized spacial score (nSPS) is 19.8. The lowest BCUT2D eigenvalue weighted by atomic mass is 9.86. The van der Waals surface area contributed by atoms with Crippen LogP contribution in [-0.2, 0) is 16.5 Å². The van der Waals surface area contributed by atoms with E-state index in [1.54, 1.807) is 0 Å². The van der Waals surface area contributed by atoms with Gasteiger partial charge in [-0.15, -0.1) is 0 Å². The van der Waals surface area contributed by atoms with Crippen LogP contribution in [0, 0.1) is 32.6 Å². The Morgan fingerprint density at radius 3 is 2.36 bits per heavy atom. The molecule has 1 aromatic carbocycles. The van der Waals surface area contributed by atoms with E-state index in [4.69, 9.17) is 9.47 Å². The molecular weight excluding hydrogens is 472 g/mol. The molecule has 0 saturated carbocycles. The van der Waals surface area contributed by atoms with Gasteiger partial charge in [0.25, 0.3) is 10.1 Å². The Morgan fingerprint density at radius 2 is 1.75 bits per heavy atom. The summed E-state index contributed by atoms with van der Waals surface area (Å²) in [5.41, 5.74) is 3.81. The number of unbranched alkanes of at least 4 members (excludes halogenated alkanes) is 1.